The van der Waals surface area contributed by atoms with Crippen LogP contribution in [0.1, 0.15) is 31.4 Å². The van der Waals surface area contributed by atoms with Gasteiger partial charge in [-0.3, -0.25) is 4.98 Å². The number of pyridine rings is 1. The minimum absolute atomic E-state index is 1.18. The van der Waals surface area contributed by atoms with Crippen LogP contribution in [0.3, 0.4) is 0 Å². The summed E-state index contributed by atoms with van der Waals surface area (Å²) in [7, 11) is 2.16. The molecule has 0 spiro atoms. The Labute approximate surface area is 87.0 Å². The fourth-order valence-electron chi connectivity index (χ4n) is 1.96. The summed E-state index contributed by atoms with van der Waals surface area (Å²) in [5, 5.41) is 0. The second-order valence-electron chi connectivity index (χ2n) is 3.49. The van der Waals surface area contributed by atoms with Gasteiger partial charge in [0.1, 0.15) is 0 Å². The Bertz CT molecular complexity index is 294. The molecule has 0 aromatic carbocycles. The van der Waals surface area contributed by atoms with Crippen molar-refractivity contribution in [3.05, 3.63) is 23.5 Å². The lowest BCUT2D eigenvalue weighted by molar-refractivity contribution is 0.737. The van der Waals surface area contributed by atoms with Gasteiger partial charge in [0.05, 0.1) is 0 Å². The quantitative estimate of drug-likeness (QED) is 0.628. The normalized spacial score (nSPS) is 14.1. The van der Waals surface area contributed by atoms with Crippen LogP contribution in [0.5, 0.6) is 0 Å². The van der Waals surface area contributed by atoms with E-state index in [4.69, 9.17) is 0 Å². The number of hydrogen-bond acceptors (Lipinski definition) is 2. The van der Waals surface area contributed by atoms with Crippen molar-refractivity contribution in [2.24, 2.45) is 0 Å². The molecule has 2 heterocycles. The predicted octanol–water partition coefficient (Wildman–Crippen LogP) is 2.80. The third-order valence-corrected chi connectivity index (χ3v) is 2.50. The van der Waals surface area contributed by atoms with Crippen molar-refractivity contribution in [3.8, 4) is 0 Å². The van der Waals surface area contributed by atoms with Crippen molar-refractivity contribution in [2.45, 2.75) is 33.6 Å². The monoisotopic (exact) mass is 192 g/mol. The lowest BCUT2D eigenvalue weighted by Crippen LogP contribution is -2.25. The van der Waals surface area contributed by atoms with Gasteiger partial charge < -0.3 is 4.90 Å². The summed E-state index contributed by atoms with van der Waals surface area (Å²) in [5.41, 5.74) is 4.11. The Morgan fingerprint density at radius 1 is 1.29 bits per heavy atom. The zero-order chi connectivity index (χ0) is 10.6. The summed E-state index contributed by atoms with van der Waals surface area (Å²) in [5.74, 6) is 0. The molecule has 1 aromatic heterocycles. The molecule has 0 saturated heterocycles. The van der Waals surface area contributed by atoms with E-state index in [0.717, 1.165) is 0 Å². The highest BCUT2D eigenvalue weighted by Crippen LogP contribution is 2.27. The second-order valence-corrected chi connectivity index (χ2v) is 3.49. The van der Waals surface area contributed by atoms with Crippen molar-refractivity contribution >= 4 is 5.69 Å². The van der Waals surface area contributed by atoms with Crippen molar-refractivity contribution < 1.29 is 0 Å². The van der Waals surface area contributed by atoms with Gasteiger partial charge in [-0.2, -0.15) is 0 Å². The summed E-state index contributed by atoms with van der Waals surface area (Å²) in [6, 6.07) is 0. The average Bonchev–Trinajstić information content (AvgIpc) is 2.21. The molecule has 2 heteroatoms. The molecule has 0 amide bonds. The molecule has 0 radical (unpaired) electrons. The first-order valence-electron chi connectivity index (χ1n) is 5.43. The van der Waals surface area contributed by atoms with Crippen LogP contribution in [0.4, 0.5) is 5.69 Å². The molecule has 2 nitrogen and oxygen atoms in total. The van der Waals surface area contributed by atoms with Crippen LogP contribution in [0, 0.1) is 6.92 Å². The van der Waals surface area contributed by atoms with Gasteiger partial charge in [0.15, 0.2) is 0 Å². The molecular formula is C12H20N2. The number of aryl methyl sites for hydroxylation is 2. The Balaban J connectivity index is 0.000000461. The SMILES string of the molecule is CC.Cc1cncc2c1N(C)CCC2. The van der Waals surface area contributed by atoms with Crippen LogP contribution in [0.2, 0.25) is 0 Å². The fraction of sp³-hybridized carbons (Fsp3) is 0.583. The smallest absolute Gasteiger partial charge is 0.0456 e. The van der Waals surface area contributed by atoms with E-state index < -0.39 is 0 Å². The van der Waals surface area contributed by atoms with E-state index in [0.29, 0.717) is 0 Å². The summed E-state index contributed by atoms with van der Waals surface area (Å²) in [6.07, 6.45) is 6.39. The number of fused-ring (bicyclic) bond motifs is 1. The molecule has 0 bridgehead atoms. The summed E-state index contributed by atoms with van der Waals surface area (Å²) in [4.78, 5) is 6.53. The van der Waals surface area contributed by atoms with Gasteiger partial charge in [-0.15, -0.1) is 0 Å². The summed E-state index contributed by atoms with van der Waals surface area (Å²) in [6.45, 7) is 7.31. The molecule has 2 rings (SSSR count). The third kappa shape index (κ3) is 2.06. The van der Waals surface area contributed by atoms with E-state index in [1.54, 1.807) is 0 Å². The predicted molar refractivity (Wildman–Crippen MR) is 61.9 cm³/mol. The zero-order valence-electron chi connectivity index (χ0n) is 9.67. The number of anilines is 1. The Morgan fingerprint density at radius 3 is 2.64 bits per heavy atom. The van der Waals surface area contributed by atoms with Crippen LogP contribution in [-0.4, -0.2) is 18.6 Å². The molecular weight excluding hydrogens is 172 g/mol. The number of aromatic nitrogens is 1. The van der Waals surface area contributed by atoms with Crippen LogP contribution in [0.15, 0.2) is 12.4 Å². The standard InChI is InChI=1S/C10H14N2.C2H6/c1-8-6-11-7-9-4-3-5-12(2)10(8)9;1-2/h6-7H,3-5H2,1-2H3;1-2H3. The van der Waals surface area contributed by atoms with E-state index in [-0.39, 0.29) is 0 Å². The minimum atomic E-state index is 1.18. The molecule has 0 atom stereocenters. The van der Waals surface area contributed by atoms with Crippen molar-refractivity contribution in [3.63, 3.8) is 0 Å². The van der Waals surface area contributed by atoms with Gasteiger partial charge in [0.2, 0.25) is 0 Å². The molecule has 0 saturated carbocycles. The van der Waals surface area contributed by atoms with E-state index >= 15 is 0 Å². The van der Waals surface area contributed by atoms with Gasteiger partial charge in [0.25, 0.3) is 0 Å². The lowest BCUT2D eigenvalue weighted by atomic mass is 10.0. The molecule has 1 aliphatic heterocycles. The first-order valence-corrected chi connectivity index (χ1v) is 5.43. The van der Waals surface area contributed by atoms with Gasteiger partial charge >= 0.3 is 0 Å². The van der Waals surface area contributed by atoms with Crippen LogP contribution >= 0.6 is 0 Å². The van der Waals surface area contributed by atoms with Gasteiger partial charge in [-0.05, 0) is 30.9 Å². The molecule has 0 fully saturated rings. The molecule has 78 valence electrons. The van der Waals surface area contributed by atoms with E-state index in [9.17, 15) is 0 Å². The maximum atomic E-state index is 4.21. The molecule has 1 aromatic rings. The fourth-order valence-corrected chi connectivity index (χ4v) is 1.96. The Morgan fingerprint density at radius 2 is 2.00 bits per heavy atom. The maximum absolute atomic E-state index is 4.21. The number of hydrogen-bond donors (Lipinski definition) is 0. The highest BCUT2D eigenvalue weighted by atomic mass is 15.1. The molecule has 0 N–H and O–H groups in total. The molecule has 14 heavy (non-hydrogen) atoms. The van der Waals surface area contributed by atoms with Crippen LogP contribution in [-0.2, 0) is 6.42 Å². The maximum Gasteiger partial charge on any atom is 0.0456 e. The third-order valence-electron chi connectivity index (χ3n) is 2.50. The van der Waals surface area contributed by atoms with Crippen molar-refractivity contribution in [2.75, 3.05) is 18.5 Å². The Hall–Kier alpha value is -1.05. The molecule has 1 aliphatic rings. The van der Waals surface area contributed by atoms with Gasteiger partial charge in [-0.25, -0.2) is 0 Å². The van der Waals surface area contributed by atoms with Crippen molar-refractivity contribution in [1.82, 2.24) is 4.98 Å². The summed E-state index contributed by atoms with van der Waals surface area (Å²) < 4.78 is 0. The Kier molecular flexibility index (Phi) is 3.93. The van der Waals surface area contributed by atoms with Crippen molar-refractivity contribution in [1.29, 1.82) is 0 Å². The first-order chi connectivity index (χ1) is 6.79. The minimum Gasteiger partial charge on any atom is -0.374 e. The summed E-state index contributed by atoms with van der Waals surface area (Å²) >= 11 is 0. The largest absolute Gasteiger partial charge is 0.374 e. The highest BCUT2D eigenvalue weighted by Gasteiger charge is 2.14. The van der Waals surface area contributed by atoms with Gasteiger partial charge in [0, 0.05) is 31.7 Å². The molecule has 0 unspecified atom stereocenters. The second kappa shape index (κ2) is 4.99. The topological polar surface area (TPSA) is 16.1 Å². The van der Waals surface area contributed by atoms with Crippen LogP contribution < -0.4 is 4.90 Å². The van der Waals surface area contributed by atoms with E-state index in [1.807, 2.05) is 26.2 Å². The van der Waals surface area contributed by atoms with Crippen LogP contribution in [0.25, 0.3) is 0 Å². The van der Waals surface area contributed by atoms with E-state index in [2.05, 4.69) is 23.9 Å². The molecule has 0 aliphatic carbocycles. The van der Waals surface area contributed by atoms with E-state index in [1.165, 1.54) is 36.2 Å². The average molecular weight is 192 g/mol. The highest BCUT2D eigenvalue weighted by molar-refractivity contribution is 5.58. The van der Waals surface area contributed by atoms with Gasteiger partial charge in [-0.1, -0.05) is 13.8 Å². The first kappa shape index (κ1) is 11.0. The number of rotatable bonds is 0. The zero-order valence-corrected chi connectivity index (χ0v) is 9.67. The number of nitrogens with zero attached hydrogens (tertiary/aromatic N) is 2. The lowest BCUT2D eigenvalue weighted by Gasteiger charge is -2.28.